The second-order valence-corrected chi connectivity index (χ2v) is 5.15. The maximum absolute atomic E-state index is 12.0. The number of hydrogen-bond acceptors (Lipinski definition) is 4. The lowest BCUT2D eigenvalue weighted by Crippen LogP contribution is -2.18. The summed E-state index contributed by atoms with van der Waals surface area (Å²) in [5.74, 6) is 0.760. The summed E-state index contributed by atoms with van der Waals surface area (Å²) in [5.41, 5.74) is 2.59. The van der Waals surface area contributed by atoms with Crippen molar-refractivity contribution in [3.8, 4) is 0 Å². The number of carbonyl (C=O) groups is 1. The summed E-state index contributed by atoms with van der Waals surface area (Å²) in [6.07, 6.45) is 4.84. The van der Waals surface area contributed by atoms with E-state index in [9.17, 15) is 4.79 Å². The van der Waals surface area contributed by atoms with E-state index in [0.717, 1.165) is 30.7 Å². The Morgan fingerprint density at radius 1 is 1.38 bits per heavy atom. The standard InChI is InChI=1S/C17H19NO3/c1-2-20-17(19)13-6-3-4-7-15(13)18-14-8-5-9-16-12(14)10-11-21-16/h3-4,6-7,10-11,14,18H,2,5,8-9H2,1H3. The molecule has 0 saturated heterocycles. The minimum Gasteiger partial charge on any atom is -0.469 e. The molecule has 0 aliphatic heterocycles. The average molecular weight is 285 g/mol. The zero-order chi connectivity index (χ0) is 14.7. The molecule has 1 atom stereocenters. The Kier molecular flexibility index (Phi) is 3.95. The third-order valence-electron chi connectivity index (χ3n) is 3.80. The number of para-hydroxylation sites is 1. The number of aryl methyl sites for hydroxylation is 1. The van der Waals surface area contributed by atoms with Gasteiger partial charge in [0.05, 0.1) is 24.5 Å². The van der Waals surface area contributed by atoms with Crippen LogP contribution in [0.4, 0.5) is 5.69 Å². The van der Waals surface area contributed by atoms with Crippen LogP contribution in [0, 0.1) is 0 Å². The molecule has 4 nitrogen and oxygen atoms in total. The molecule has 1 aliphatic carbocycles. The van der Waals surface area contributed by atoms with Crippen molar-refractivity contribution >= 4 is 11.7 Å². The third kappa shape index (κ3) is 2.79. The summed E-state index contributed by atoms with van der Waals surface area (Å²) in [5, 5.41) is 3.47. The molecule has 1 aliphatic rings. The van der Waals surface area contributed by atoms with Gasteiger partial charge in [0.1, 0.15) is 5.76 Å². The highest BCUT2D eigenvalue weighted by molar-refractivity contribution is 5.95. The van der Waals surface area contributed by atoms with E-state index in [1.54, 1.807) is 12.3 Å². The van der Waals surface area contributed by atoms with Crippen LogP contribution in [0.15, 0.2) is 41.0 Å². The normalized spacial score (nSPS) is 17.1. The largest absolute Gasteiger partial charge is 0.469 e. The Hall–Kier alpha value is -2.23. The van der Waals surface area contributed by atoms with Gasteiger partial charge in [-0.3, -0.25) is 0 Å². The monoisotopic (exact) mass is 285 g/mol. The van der Waals surface area contributed by atoms with Crippen molar-refractivity contribution < 1.29 is 13.9 Å². The van der Waals surface area contributed by atoms with Gasteiger partial charge in [-0.15, -0.1) is 0 Å². The van der Waals surface area contributed by atoms with Gasteiger partial charge in [0.2, 0.25) is 0 Å². The number of fused-ring (bicyclic) bond motifs is 1. The van der Waals surface area contributed by atoms with Crippen molar-refractivity contribution in [2.24, 2.45) is 0 Å². The van der Waals surface area contributed by atoms with Gasteiger partial charge in [-0.05, 0) is 38.0 Å². The van der Waals surface area contributed by atoms with Gasteiger partial charge >= 0.3 is 5.97 Å². The molecule has 1 N–H and O–H groups in total. The Morgan fingerprint density at radius 3 is 3.10 bits per heavy atom. The minimum absolute atomic E-state index is 0.183. The summed E-state index contributed by atoms with van der Waals surface area (Å²) >= 11 is 0. The van der Waals surface area contributed by atoms with Gasteiger partial charge in [0, 0.05) is 17.7 Å². The van der Waals surface area contributed by atoms with E-state index in [1.165, 1.54) is 5.56 Å². The first-order valence-electron chi connectivity index (χ1n) is 7.38. The van der Waals surface area contributed by atoms with Crippen LogP contribution in [0.5, 0.6) is 0 Å². The van der Waals surface area contributed by atoms with E-state index >= 15 is 0 Å². The van der Waals surface area contributed by atoms with Crippen LogP contribution in [0.2, 0.25) is 0 Å². The van der Waals surface area contributed by atoms with Crippen LogP contribution < -0.4 is 5.32 Å². The minimum atomic E-state index is -0.288. The SMILES string of the molecule is CCOC(=O)c1ccccc1NC1CCCc2occc21. The smallest absolute Gasteiger partial charge is 0.340 e. The zero-order valence-electron chi connectivity index (χ0n) is 12.1. The molecule has 0 spiro atoms. The molecule has 1 aromatic heterocycles. The molecular formula is C17H19NO3. The summed E-state index contributed by atoms with van der Waals surface area (Å²) in [7, 11) is 0. The Bertz CT molecular complexity index is 632. The van der Waals surface area contributed by atoms with Gasteiger partial charge in [-0.25, -0.2) is 4.79 Å². The highest BCUT2D eigenvalue weighted by Gasteiger charge is 2.24. The molecule has 0 bridgehead atoms. The van der Waals surface area contributed by atoms with Crippen molar-refractivity contribution in [1.29, 1.82) is 0 Å². The molecule has 0 amide bonds. The number of esters is 1. The molecule has 4 heteroatoms. The fourth-order valence-electron chi connectivity index (χ4n) is 2.82. The molecule has 0 radical (unpaired) electrons. The second kappa shape index (κ2) is 6.04. The number of hydrogen-bond donors (Lipinski definition) is 1. The summed E-state index contributed by atoms with van der Waals surface area (Å²) in [6, 6.07) is 9.67. The van der Waals surface area contributed by atoms with E-state index in [0.29, 0.717) is 12.2 Å². The molecule has 1 aromatic carbocycles. The molecule has 0 fully saturated rings. The highest BCUT2D eigenvalue weighted by atomic mass is 16.5. The molecular weight excluding hydrogens is 266 g/mol. The molecule has 110 valence electrons. The lowest BCUT2D eigenvalue weighted by molar-refractivity contribution is 0.0527. The molecule has 1 unspecified atom stereocenters. The summed E-state index contributed by atoms with van der Waals surface area (Å²) < 4.78 is 10.6. The molecule has 21 heavy (non-hydrogen) atoms. The van der Waals surface area contributed by atoms with Crippen molar-refractivity contribution in [3.63, 3.8) is 0 Å². The Labute approximate surface area is 124 Å². The first-order chi connectivity index (χ1) is 10.3. The highest BCUT2D eigenvalue weighted by Crippen LogP contribution is 2.34. The first kappa shape index (κ1) is 13.7. The van der Waals surface area contributed by atoms with Crippen molar-refractivity contribution in [3.05, 3.63) is 53.5 Å². The summed E-state index contributed by atoms with van der Waals surface area (Å²) in [4.78, 5) is 12.0. The second-order valence-electron chi connectivity index (χ2n) is 5.15. The van der Waals surface area contributed by atoms with Gasteiger partial charge < -0.3 is 14.5 Å². The fourth-order valence-corrected chi connectivity index (χ4v) is 2.82. The molecule has 0 saturated carbocycles. The van der Waals surface area contributed by atoms with Gasteiger partial charge in [0.25, 0.3) is 0 Å². The van der Waals surface area contributed by atoms with Crippen LogP contribution in [-0.4, -0.2) is 12.6 Å². The van der Waals surface area contributed by atoms with E-state index in [2.05, 4.69) is 5.32 Å². The van der Waals surface area contributed by atoms with Crippen LogP contribution in [0.3, 0.4) is 0 Å². The van der Waals surface area contributed by atoms with Crippen LogP contribution in [0.25, 0.3) is 0 Å². The number of ether oxygens (including phenoxy) is 1. The topological polar surface area (TPSA) is 51.5 Å². The number of anilines is 1. The van der Waals surface area contributed by atoms with E-state index in [-0.39, 0.29) is 12.0 Å². The van der Waals surface area contributed by atoms with Crippen LogP contribution in [-0.2, 0) is 11.2 Å². The zero-order valence-corrected chi connectivity index (χ0v) is 12.1. The lowest BCUT2D eigenvalue weighted by Gasteiger charge is -2.24. The quantitative estimate of drug-likeness (QED) is 0.864. The maximum Gasteiger partial charge on any atom is 0.340 e. The predicted octanol–water partition coefficient (Wildman–Crippen LogP) is 3.95. The first-order valence-corrected chi connectivity index (χ1v) is 7.38. The Morgan fingerprint density at radius 2 is 2.24 bits per heavy atom. The average Bonchev–Trinajstić information content (AvgIpc) is 2.97. The maximum atomic E-state index is 12.0. The van der Waals surface area contributed by atoms with Crippen LogP contribution >= 0.6 is 0 Å². The fraction of sp³-hybridized carbons (Fsp3) is 0.353. The van der Waals surface area contributed by atoms with Gasteiger partial charge in [0.15, 0.2) is 0 Å². The van der Waals surface area contributed by atoms with E-state index in [1.807, 2.05) is 31.2 Å². The van der Waals surface area contributed by atoms with Gasteiger partial charge in [-0.1, -0.05) is 12.1 Å². The molecule has 3 rings (SSSR count). The summed E-state index contributed by atoms with van der Waals surface area (Å²) in [6.45, 7) is 2.19. The third-order valence-corrected chi connectivity index (χ3v) is 3.80. The van der Waals surface area contributed by atoms with Crippen molar-refractivity contribution in [2.75, 3.05) is 11.9 Å². The van der Waals surface area contributed by atoms with Crippen molar-refractivity contribution in [1.82, 2.24) is 0 Å². The van der Waals surface area contributed by atoms with E-state index < -0.39 is 0 Å². The lowest BCUT2D eigenvalue weighted by atomic mass is 9.93. The number of carbonyl (C=O) groups excluding carboxylic acids is 1. The van der Waals surface area contributed by atoms with Crippen molar-refractivity contribution in [2.45, 2.75) is 32.2 Å². The molecule has 1 heterocycles. The number of benzene rings is 1. The number of furan rings is 1. The number of nitrogens with one attached hydrogen (secondary N) is 1. The predicted molar refractivity (Wildman–Crippen MR) is 80.4 cm³/mol. The Balaban J connectivity index is 1.85. The van der Waals surface area contributed by atoms with Crippen LogP contribution in [0.1, 0.15) is 47.5 Å². The molecule has 2 aromatic rings. The van der Waals surface area contributed by atoms with Gasteiger partial charge in [-0.2, -0.15) is 0 Å². The number of rotatable bonds is 4. The van der Waals surface area contributed by atoms with E-state index in [4.69, 9.17) is 9.15 Å².